The number of aliphatic hydroxyl groups is 2. The number of ketones is 1. The molecular formula is C25H27ClN2O4. The standard InChI is InChI=1S/C25H27ClN2O4/c1-14(9-22(30)21-12-16-10-17(26)7-8-20(16)27-21)19-11-15-5-3-4-6-18(15)24(19)28(2)25(32)23(31)13-29/h3-8,10,12,14,19,23-24,27,29,31H,9,11,13H2,1-2H3/t14-,19-,23+,24+/m0/s1. The van der Waals surface area contributed by atoms with E-state index in [4.69, 9.17) is 11.6 Å². The number of rotatable bonds is 7. The number of halogens is 1. The molecule has 0 unspecified atom stereocenters. The number of aromatic amines is 1. The first-order valence-corrected chi connectivity index (χ1v) is 11.1. The normalized spacial score (nSPS) is 19.5. The molecule has 4 atom stereocenters. The highest BCUT2D eigenvalue weighted by atomic mass is 35.5. The second kappa shape index (κ2) is 9.06. The highest BCUT2D eigenvalue weighted by molar-refractivity contribution is 6.31. The number of amides is 1. The largest absolute Gasteiger partial charge is 0.393 e. The summed E-state index contributed by atoms with van der Waals surface area (Å²) in [7, 11) is 1.65. The maximum Gasteiger partial charge on any atom is 0.254 e. The van der Waals surface area contributed by atoms with Gasteiger partial charge in [0.2, 0.25) is 0 Å². The van der Waals surface area contributed by atoms with Crippen LogP contribution in [0.5, 0.6) is 0 Å². The van der Waals surface area contributed by atoms with Crippen molar-refractivity contribution in [2.75, 3.05) is 13.7 Å². The first kappa shape index (κ1) is 22.5. The molecule has 1 amide bonds. The van der Waals surface area contributed by atoms with Crippen molar-refractivity contribution in [1.82, 2.24) is 9.88 Å². The average molecular weight is 455 g/mol. The van der Waals surface area contributed by atoms with E-state index in [9.17, 15) is 19.8 Å². The van der Waals surface area contributed by atoms with Crippen molar-refractivity contribution >= 4 is 34.2 Å². The smallest absolute Gasteiger partial charge is 0.254 e. The number of fused-ring (bicyclic) bond motifs is 2. The van der Waals surface area contributed by atoms with Crippen LogP contribution in [0, 0.1) is 11.8 Å². The summed E-state index contributed by atoms with van der Waals surface area (Å²) in [5, 5.41) is 20.6. The Hall–Kier alpha value is -2.67. The number of carbonyl (C=O) groups is 2. The van der Waals surface area contributed by atoms with Crippen LogP contribution in [0.2, 0.25) is 5.02 Å². The topological polar surface area (TPSA) is 93.6 Å². The zero-order valence-corrected chi connectivity index (χ0v) is 18.8. The van der Waals surface area contributed by atoms with Gasteiger partial charge in [0.1, 0.15) is 0 Å². The van der Waals surface area contributed by atoms with E-state index in [1.165, 1.54) is 4.90 Å². The Kier molecular flexibility index (Phi) is 6.38. The number of nitrogens with one attached hydrogen (secondary N) is 1. The van der Waals surface area contributed by atoms with E-state index in [-0.39, 0.29) is 23.7 Å². The number of hydrogen-bond donors (Lipinski definition) is 3. The van der Waals surface area contributed by atoms with Crippen LogP contribution in [-0.2, 0) is 11.2 Å². The molecule has 2 aromatic carbocycles. The van der Waals surface area contributed by atoms with Crippen LogP contribution in [0.1, 0.15) is 41.0 Å². The van der Waals surface area contributed by atoms with E-state index in [1.54, 1.807) is 13.1 Å². The molecule has 4 rings (SSSR count). The molecule has 0 bridgehead atoms. The molecule has 1 aliphatic carbocycles. The lowest BCUT2D eigenvalue weighted by atomic mass is 9.83. The lowest BCUT2D eigenvalue weighted by Crippen LogP contribution is -2.43. The minimum absolute atomic E-state index is 0.00361. The third-order valence-electron chi connectivity index (χ3n) is 6.58. The molecule has 1 heterocycles. The summed E-state index contributed by atoms with van der Waals surface area (Å²) in [5.74, 6) is -0.527. The van der Waals surface area contributed by atoms with Crippen LogP contribution in [0.15, 0.2) is 48.5 Å². The van der Waals surface area contributed by atoms with Crippen LogP contribution in [0.25, 0.3) is 10.9 Å². The number of aromatic nitrogens is 1. The second-order valence-electron chi connectivity index (χ2n) is 8.68. The van der Waals surface area contributed by atoms with E-state index in [2.05, 4.69) is 4.98 Å². The second-order valence-corrected chi connectivity index (χ2v) is 9.11. The molecule has 7 heteroatoms. The Morgan fingerprint density at radius 1 is 1.22 bits per heavy atom. The number of hydrogen-bond acceptors (Lipinski definition) is 4. The van der Waals surface area contributed by atoms with Crippen LogP contribution >= 0.6 is 11.6 Å². The third kappa shape index (κ3) is 4.18. The van der Waals surface area contributed by atoms with Gasteiger partial charge in [0.25, 0.3) is 5.91 Å². The average Bonchev–Trinajstić information content (AvgIpc) is 3.38. The van der Waals surface area contributed by atoms with Crippen molar-refractivity contribution in [2.45, 2.75) is 31.9 Å². The van der Waals surface area contributed by atoms with Gasteiger partial charge in [-0.1, -0.05) is 42.8 Å². The zero-order valence-electron chi connectivity index (χ0n) is 18.1. The fraction of sp³-hybridized carbons (Fsp3) is 0.360. The summed E-state index contributed by atoms with van der Waals surface area (Å²) in [4.78, 5) is 30.4. The lowest BCUT2D eigenvalue weighted by molar-refractivity contribution is -0.144. The molecule has 0 saturated carbocycles. The predicted molar refractivity (Wildman–Crippen MR) is 124 cm³/mol. The Bertz CT molecular complexity index is 1160. The van der Waals surface area contributed by atoms with E-state index in [0.29, 0.717) is 17.1 Å². The van der Waals surface area contributed by atoms with Crippen LogP contribution in [0.3, 0.4) is 0 Å². The number of carbonyl (C=O) groups excluding carboxylic acids is 2. The van der Waals surface area contributed by atoms with Crippen LogP contribution < -0.4 is 0 Å². The molecule has 0 spiro atoms. The van der Waals surface area contributed by atoms with Crippen molar-refractivity contribution < 1.29 is 19.8 Å². The molecule has 1 aliphatic rings. The fourth-order valence-corrected chi connectivity index (χ4v) is 5.05. The molecule has 1 aromatic heterocycles. The summed E-state index contributed by atoms with van der Waals surface area (Å²) in [6, 6.07) is 14.9. The van der Waals surface area contributed by atoms with Gasteiger partial charge in [-0.05, 0) is 53.6 Å². The fourth-order valence-electron chi connectivity index (χ4n) is 4.87. The summed E-state index contributed by atoms with van der Waals surface area (Å²) in [6.07, 6.45) is -0.395. The molecule has 168 valence electrons. The van der Waals surface area contributed by atoms with Gasteiger partial charge in [0.15, 0.2) is 11.9 Å². The van der Waals surface area contributed by atoms with Gasteiger partial charge in [-0.15, -0.1) is 0 Å². The van der Waals surface area contributed by atoms with Gasteiger partial charge in [-0.25, -0.2) is 0 Å². The van der Waals surface area contributed by atoms with Crippen molar-refractivity contribution in [3.8, 4) is 0 Å². The van der Waals surface area contributed by atoms with Crippen molar-refractivity contribution in [3.05, 3.63) is 70.4 Å². The van der Waals surface area contributed by atoms with Gasteiger partial charge in [0.05, 0.1) is 18.3 Å². The highest BCUT2D eigenvalue weighted by Gasteiger charge is 2.41. The minimum atomic E-state index is -1.46. The van der Waals surface area contributed by atoms with E-state index in [0.717, 1.165) is 28.5 Å². The number of Topliss-reactive ketones (excluding diaryl/α,β-unsaturated/α-hetero) is 1. The quantitative estimate of drug-likeness (QED) is 0.474. The molecule has 6 nitrogen and oxygen atoms in total. The summed E-state index contributed by atoms with van der Waals surface area (Å²) < 4.78 is 0. The van der Waals surface area contributed by atoms with Crippen molar-refractivity contribution in [3.63, 3.8) is 0 Å². The molecule has 0 fully saturated rings. The summed E-state index contributed by atoms with van der Waals surface area (Å²) in [6.45, 7) is 1.41. The number of nitrogens with zero attached hydrogens (tertiary/aromatic N) is 1. The number of benzene rings is 2. The monoisotopic (exact) mass is 454 g/mol. The number of aliphatic hydroxyl groups excluding tert-OH is 2. The molecule has 0 radical (unpaired) electrons. The van der Waals surface area contributed by atoms with Gasteiger partial charge in [-0.3, -0.25) is 9.59 Å². The maximum atomic E-state index is 13.1. The Morgan fingerprint density at radius 3 is 2.72 bits per heavy atom. The minimum Gasteiger partial charge on any atom is -0.393 e. The molecule has 0 saturated heterocycles. The zero-order chi connectivity index (χ0) is 23.0. The molecular weight excluding hydrogens is 428 g/mol. The van der Waals surface area contributed by atoms with Crippen LogP contribution in [0.4, 0.5) is 0 Å². The van der Waals surface area contributed by atoms with E-state index >= 15 is 0 Å². The maximum absolute atomic E-state index is 13.1. The summed E-state index contributed by atoms with van der Waals surface area (Å²) in [5.41, 5.74) is 3.57. The predicted octanol–water partition coefficient (Wildman–Crippen LogP) is 3.76. The van der Waals surface area contributed by atoms with Crippen molar-refractivity contribution in [1.29, 1.82) is 0 Å². The number of likely N-dealkylation sites (N-methyl/N-ethyl adjacent to an activating group) is 1. The Morgan fingerprint density at radius 2 is 1.97 bits per heavy atom. The Balaban J connectivity index is 1.57. The third-order valence-corrected chi connectivity index (χ3v) is 6.81. The molecule has 32 heavy (non-hydrogen) atoms. The molecule has 0 aliphatic heterocycles. The highest BCUT2D eigenvalue weighted by Crippen LogP contribution is 2.44. The van der Waals surface area contributed by atoms with E-state index in [1.807, 2.05) is 49.4 Å². The SMILES string of the molecule is C[C@@H](CC(=O)c1cc2cc(Cl)ccc2[nH]1)[C@@H]1Cc2ccccc2[C@H]1N(C)C(=O)[C@H](O)CO. The van der Waals surface area contributed by atoms with Crippen molar-refractivity contribution in [2.24, 2.45) is 11.8 Å². The van der Waals surface area contributed by atoms with Gasteiger partial charge in [0, 0.05) is 29.4 Å². The Labute approximate surface area is 191 Å². The lowest BCUT2D eigenvalue weighted by Gasteiger charge is -2.34. The molecule has 3 aromatic rings. The van der Waals surface area contributed by atoms with E-state index < -0.39 is 18.6 Å². The number of H-pyrrole nitrogens is 1. The van der Waals surface area contributed by atoms with Gasteiger partial charge >= 0.3 is 0 Å². The molecule has 3 N–H and O–H groups in total. The summed E-state index contributed by atoms with van der Waals surface area (Å²) >= 11 is 6.06. The van der Waals surface area contributed by atoms with Crippen LogP contribution in [-0.4, -0.2) is 51.5 Å². The first-order chi connectivity index (χ1) is 15.3. The van der Waals surface area contributed by atoms with Gasteiger partial charge in [-0.2, -0.15) is 0 Å². The first-order valence-electron chi connectivity index (χ1n) is 10.7. The van der Waals surface area contributed by atoms with Gasteiger partial charge < -0.3 is 20.1 Å².